The Balaban J connectivity index is 2.18. The van der Waals surface area contributed by atoms with Gasteiger partial charge in [0.05, 0.1) is 5.69 Å². The fourth-order valence-corrected chi connectivity index (χ4v) is 1.69. The summed E-state index contributed by atoms with van der Waals surface area (Å²) in [6.45, 7) is 0. The molecule has 0 unspecified atom stereocenters. The summed E-state index contributed by atoms with van der Waals surface area (Å²) in [7, 11) is 0. The van der Waals surface area contributed by atoms with Gasteiger partial charge >= 0.3 is 0 Å². The Bertz CT molecular complexity index is 604. The highest BCUT2D eigenvalue weighted by molar-refractivity contribution is 5.76. The molecule has 5 nitrogen and oxygen atoms in total. The number of aromatic nitrogens is 5. The fraction of sp³-hybridized carbons (Fsp3) is 0. The predicted octanol–water partition coefficient (Wildman–Crippen LogP) is 1.93. The molecule has 0 radical (unpaired) electrons. The minimum absolute atomic E-state index is 0.553. The lowest BCUT2D eigenvalue weighted by atomic mass is 10.1. The van der Waals surface area contributed by atoms with Crippen LogP contribution in [-0.4, -0.2) is 25.6 Å². The third-order valence-electron chi connectivity index (χ3n) is 2.44. The molecule has 3 aromatic rings. The maximum absolute atomic E-state index is 4.38. The molecule has 0 saturated heterocycles. The average molecular weight is 223 g/mol. The molecule has 17 heavy (non-hydrogen) atoms. The molecule has 0 atom stereocenters. The molecule has 1 N–H and O–H groups in total. The minimum Gasteiger partial charge on any atom is -0.255 e. The van der Waals surface area contributed by atoms with Crippen molar-refractivity contribution in [1.82, 2.24) is 25.6 Å². The van der Waals surface area contributed by atoms with E-state index in [1.165, 1.54) is 0 Å². The van der Waals surface area contributed by atoms with Crippen LogP contribution in [0.4, 0.5) is 0 Å². The van der Waals surface area contributed by atoms with Crippen molar-refractivity contribution in [3.05, 3.63) is 48.7 Å². The Morgan fingerprint density at radius 2 is 1.82 bits per heavy atom. The Morgan fingerprint density at radius 3 is 2.59 bits per heavy atom. The molecular weight excluding hydrogens is 214 g/mol. The normalized spacial score (nSPS) is 10.4. The largest absolute Gasteiger partial charge is 0.255 e. The highest BCUT2D eigenvalue weighted by atomic mass is 15.5. The number of hydrogen-bond donors (Lipinski definition) is 1. The second-order valence-electron chi connectivity index (χ2n) is 3.50. The number of hydrogen-bond acceptors (Lipinski definition) is 4. The van der Waals surface area contributed by atoms with Gasteiger partial charge in [-0.25, -0.2) is 0 Å². The summed E-state index contributed by atoms with van der Waals surface area (Å²) in [6, 6.07) is 13.7. The van der Waals surface area contributed by atoms with Gasteiger partial charge in [0.2, 0.25) is 5.82 Å². The zero-order chi connectivity index (χ0) is 11.5. The van der Waals surface area contributed by atoms with Gasteiger partial charge in [-0.15, -0.1) is 10.2 Å². The first-order valence-corrected chi connectivity index (χ1v) is 5.19. The summed E-state index contributed by atoms with van der Waals surface area (Å²) in [5, 5.41) is 14.0. The molecule has 2 aromatic heterocycles. The molecule has 3 rings (SSSR count). The first-order chi connectivity index (χ1) is 8.45. The van der Waals surface area contributed by atoms with Crippen LogP contribution in [-0.2, 0) is 0 Å². The number of rotatable bonds is 2. The lowest BCUT2D eigenvalue weighted by Gasteiger charge is -2.04. The second kappa shape index (κ2) is 4.13. The lowest BCUT2D eigenvalue weighted by molar-refractivity contribution is 0.881. The van der Waals surface area contributed by atoms with Gasteiger partial charge in [0.1, 0.15) is 0 Å². The van der Waals surface area contributed by atoms with Gasteiger partial charge < -0.3 is 0 Å². The van der Waals surface area contributed by atoms with E-state index in [2.05, 4.69) is 25.6 Å². The molecule has 0 aliphatic heterocycles. The zero-order valence-electron chi connectivity index (χ0n) is 8.91. The minimum atomic E-state index is 0.553. The predicted molar refractivity (Wildman–Crippen MR) is 62.8 cm³/mol. The molecule has 2 heterocycles. The Morgan fingerprint density at radius 1 is 0.941 bits per heavy atom. The molecule has 0 fully saturated rings. The molecule has 5 heteroatoms. The first kappa shape index (κ1) is 9.65. The lowest BCUT2D eigenvalue weighted by Crippen LogP contribution is -1.90. The molecule has 0 aliphatic rings. The second-order valence-corrected chi connectivity index (χ2v) is 3.50. The number of pyridine rings is 1. The number of nitrogens with zero attached hydrogens (tertiary/aromatic N) is 4. The quantitative estimate of drug-likeness (QED) is 0.720. The smallest absolute Gasteiger partial charge is 0.206 e. The van der Waals surface area contributed by atoms with Crippen LogP contribution in [0.5, 0.6) is 0 Å². The molecule has 82 valence electrons. The van der Waals surface area contributed by atoms with Crippen molar-refractivity contribution < 1.29 is 0 Å². The SMILES string of the molecule is c1ccc(-c2ncccc2-c2nn[nH]n2)cc1. The summed E-state index contributed by atoms with van der Waals surface area (Å²) in [6.07, 6.45) is 1.76. The number of H-pyrrole nitrogens is 1. The van der Waals surface area contributed by atoms with Crippen LogP contribution in [0.15, 0.2) is 48.7 Å². The number of tetrazole rings is 1. The highest BCUT2D eigenvalue weighted by Crippen LogP contribution is 2.26. The van der Waals surface area contributed by atoms with Crippen molar-refractivity contribution >= 4 is 0 Å². The number of benzene rings is 1. The van der Waals surface area contributed by atoms with Crippen molar-refractivity contribution in [1.29, 1.82) is 0 Å². The van der Waals surface area contributed by atoms with Crippen molar-refractivity contribution in [2.24, 2.45) is 0 Å². The van der Waals surface area contributed by atoms with Crippen molar-refractivity contribution in [3.8, 4) is 22.6 Å². The molecule has 1 aromatic carbocycles. The summed E-state index contributed by atoms with van der Waals surface area (Å²) in [4.78, 5) is 4.38. The van der Waals surface area contributed by atoms with E-state index in [0.29, 0.717) is 5.82 Å². The first-order valence-electron chi connectivity index (χ1n) is 5.19. The Hall–Kier alpha value is -2.56. The summed E-state index contributed by atoms with van der Waals surface area (Å²) in [5.41, 5.74) is 2.76. The molecule has 0 saturated carbocycles. The molecule has 0 amide bonds. The van der Waals surface area contributed by atoms with Crippen LogP contribution in [0.1, 0.15) is 0 Å². The summed E-state index contributed by atoms with van der Waals surface area (Å²) >= 11 is 0. The van der Waals surface area contributed by atoms with E-state index in [0.717, 1.165) is 16.8 Å². The van der Waals surface area contributed by atoms with E-state index >= 15 is 0 Å². The van der Waals surface area contributed by atoms with Crippen LogP contribution in [0, 0.1) is 0 Å². The molecule has 0 aliphatic carbocycles. The zero-order valence-corrected chi connectivity index (χ0v) is 8.91. The van der Waals surface area contributed by atoms with E-state index in [1.807, 2.05) is 42.5 Å². The van der Waals surface area contributed by atoms with Gasteiger partial charge in [-0.1, -0.05) is 30.3 Å². The monoisotopic (exact) mass is 223 g/mol. The van der Waals surface area contributed by atoms with E-state index in [9.17, 15) is 0 Å². The van der Waals surface area contributed by atoms with Crippen LogP contribution >= 0.6 is 0 Å². The van der Waals surface area contributed by atoms with E-state index in [4.69, 9.17) is 0 Å². The average Bonchev–Trinajstić information content (AvgIpc) is 2.94. The van der Waals surface area contributed by atoms with Gasteiger partial charge in [0.15, 0.2) is 0 Å². The van der Waals surface area contributed by atoms with Gasteiger partial charge in [-0.3, -0.25) is 4.98 Å². The Labute approximate surface area is 97.5 Å². The van der Waals surface area contributed by atoms with Crippen molar-refractivity contribution in [2.75, 3.05) is 0 Å². The summed E-state index contributed by atoms with van der Waals surface area (Å²) < 4.78 is 0. The molecule has 0 spiro atoms. The van der Waals surface area contributed by atoms with Crippen molar-refractivity contribution in [2.45, 2.75) is 0 Å². The standard InChI is InChI=1S/C12H9N5/c1-2-5-9(6-3-1)11-10(7-4-8-13-11)12-14-16-17-15-12/h1-8H,(H,14,15,16,17). The molecule has 0 bridgehead atoms. The van der Waals surface area contributed by atoms with Crippen LogP contribution in [0.2, 0.25) is 0 Å². The molecular formula is C12H9N5. The van der Waals surface area contributed by atoms with Crippen LogP contribution in [0.25, 0.3) is 22.6 Å². The number of nitrogens with one attached hydrogen (secondary N) is 1. The maximum Gasteiger partial charge on any atom is 0.206 e. The highest BCUT2D eigenvalue weighted by Gasteiger charge is 2.11. The third-order valence-corrected chi connectivity index (χ3v) is 2.44. The summed E-state index contributed by atoms with van der Waals surface area (Å²) in [5.74, 6) is 0.553. The topological polar surface area (TPSA) is 67.3 Å². The van der Waals surface area contributed by atoms with Gasteiger partial charge in [-0.05, 0) is 17.3 Å². The van der Waals surface area contributed by atoms with Gasteiger partial charge in [-0.2, -0.15) is 5.21 Å². The van der Waals surface area contributed by atoms with E-state index in [1.54, 1.807) is 6.20 Å². The number of aromatic amines is 1. The van der Waals surface area contributed by atoms with E-state index < -0.39 is 0 Å². The van der Waals surface area contributed by atoms with Crippen molar-refractivity contribution in [3.63, 3.8) is 0 Å². The maximum atomic E-state index is 4.38. The van der Waals surface area contributed by atoms with Crippen LogP contribution < -0.4 is 0 Å². The fourth-order valence-electron chi connectivity index (χ4n) is 1.69. The van der Waals surface area contributed by atoms with E-state index in [-0.39, 0.29) is 0 Å². The van der Waals surface area contributed by atoms with Gasteiger partial charge in [0, 0.05) is 17.3 Å². The third kappa shape index (κ3) is 1.78. The Kier molecular flexibility index (Phi) is 2.34. The van der Waals surface area contributed by atoms with Gasteiger partial charge in [0.25, 0.3) is 0 Å². The van der Waals surface area contributed by atoms with Crippen LogP contribution in [0.3, 0.4) is 0 Å².